The molecule has 4 atom stereocenters. The Hall–Kier alpha value is 0.320. The monoisotopic (exact) mass is 212 g/mol. The first kappa shape index (κ1) is 8.42. The molecular formula is C5H9BrO4. The van der Waals surface area contributed by atoms with Crippen molar-refractivity contribution in [2.75, 3.05) is 6.61 Å². The highest BCUT2D eigenvalue weighted by atomic mass is 79.9. The first-order chi connectivity index (χ1) is 4.63. The van der Waals surface area contributed by atoms with E-state index in [1.165, 1.54) is 0 Å². The Balaban J connectivity index is 2.52. The largest absolute Gasteiger partial charge is 0.389 e. The molecule has 0 amide bonds. The summed E-state index contributed by atoms with van der Waals surface area (Å²) in [6.07, 6.45) is -2.89. The standard InChI is InChI=1S/C5H9BrO4/c6-3-4(8)2(7)1-10-5(3)9/h2-5,7-9H,1H2/t2-,3+,4-,5?/m0/s1. The molecule has 1 rings (SSSR count). The van der Waals surface area contributed by atoms with Gasteiger partial charge in [0.25, 0.3) is 0 Å². The highest BCUT2D eigenvalue weighted by Crippen LogP contribution is 2.20. The Labute approximate surface area is 66.6 Å². The Morgan fingerprint density at radius 3 is 2.40 bits per heavy atom. The lowest BCUT2D eigenvalue weighted by Gasteiger charge is -2.31. The molecule has 1 heterocycles. The fraction of sp³-hybridized carbons (Fsp3) is 1.00. The van der Waals surface area contributed by atoms with E-state index in [1.807, 2.05) is 0 Å². The van der Waals surface area contributed by atoms with Gasteiger partial charge in [-0.3, -0.25) is 0 Å². The van der Waals surface area contributed by atoms with Crippen molar-refractivity contribution >= 4 is 15.9 Å². The highest BCUT2D eigenvalue weighted by Gasteiger charge is 2.35. The molecule has 0 saturated carbocycles. The number of ether oxygens (including phenoxy) is 1. The van der Waals surface area contributed by atoms with Crippen LogP contribution < -0.4 is 0 Å². The normalized spacial score (nSPS) is 49.2. The van der Waals surface area contributed by atoms with Crippen LogP contribution in [0.1, 0.15) is 0 Å². The molecule has 0 radical (unpaired) electrons. The summed E-state index contributed by atoms with van der Waals surface area (Å²) in [4.78, 5) is -0.601. The molecule has 0 bridgehead atoms. The number of rotatable bonds is 0. The maximum Gasteiger partial charge on any atom is 0.169 e. The van der Waals surface area contributed by atoms with Gasteiger partial charge in [-0.15, -0.1) is 0 Å². The molecule has 0 aromatic carbocycles. The van der Waals surface area contributed by atoms with Gasteiger partial charge in [0.1, 0.15) is 6.10 Å². The van der Waals surface area contributed by atoms with Gasteiger partial charge in [-0.1, -0.05) is 15.9 Å². The first-order valence-corrected chi connectivity index (χ1v) is 3.84. The van der Waals surface area contributed by atoms with E-state index >= 15 is 0 Å². The van der Waals surface area contributed by atoms with E-state index in [1.54, 1.807) is 0 Å². The second-order valence-corrected chi connectivity index (χ2v) is 3.28. The van der Waals surface area contributed by atoms with Crippen LogP contribution in [0.4, 0.5) is 0 Å². The molecule has 10 heavy (non-hydrogen) atoms. The molecular weight excluding hydrogens is 204 g/mol. The molecule has 0 aromatic heterocycles. The minimum absolute atomic E-state index is 0.0234. The lowest BCUT2D eigenvalue weighted by molar-refractivity contribution is -0.186. The van der Waals surface area contributed by atoms with Crippen molar-refractivity contribution in [2.45, 2.75) is 23.3 Å². The van der Waals surface area contributed by atoms with E-state index < -0.39 is 23.3 Å². The third-order valence-corrected chi connectivity index (χ3v) is 2.42. The van der Waals surface area contributed by atoms with E-state index in [4.69, 9.17) is 15.3 Å². The van der Waals surface area contributed by atoms with Gasteiger partial charge in [0.2, 0.25) is 0 Å². The average molecular weight is 213 g/mol. The van der Waals surface area contributed by atoms with Crippen LogP contribution in [0.15, 0.2) is 0 Å². The Morgan fingerprint density at radius 2 is 1.90 bits per heavy atom. The van der Waals surface area contributed by atoms with Gasteiger partial charge in [0, 0.05) is 0 Å². The van der Waals surface area contributed by atoms with E-state index in [2.05, 4.69) is 20.7 Å². The van der Waals surface area contributed by atoms with Crippen LogP contribution in [0.25, 0.3) is 0 Å². The summed E-state index contributed by atoms with van der Waals surface area (Å²) >= 11 is 2.97. The van der Waals surface area contributed by atoms with Gasteiger partial charge in [-0.25, -0.2) is 0 Å². The smallest absolute Gasteiger partial charge is 0.169 e. The summed E-state index contributed by atoms with van der Waals surface area (Å²) < 4.78 is 4.67. The second kappa shape index (κ2) is 3.15. The average Bonchev–Trinajstić information content (AvgIpc) is 1.93. The van der Waals surface area contributed by atoms with Crippen LogP contribution in [0.5, 0.6) is 0 Å². The molecule has 1 unspecified atom stereocenters. The molecule has 5 heteroatoms. The van der Waals surface area contributed by atoms with Gasteiger partial charge in [0.05, 0.1) is 17.5 Å². The van der Waals surface area contributed by atoms with Crippen molar-refractivity contribution in [1.82, 2.24) is 0 Å². The van der Waals surface area contributed by atoms with Crippen LogP contribution in [0.3, 0.4) is 0 Å². The quantitative estimate of drug-likeness (QED) is 0.443. The highest BCUT2D eigenvalue weighted by molar-refractivity contribution is 9.09. The molecule has 4 nitrogen and oxygen atoms in total. The number of hydrogen-bond donors (Lipinski definition) is 3. The van der Waals surface area contributed by atoms with Crippen LogP contribution in [0.2, 0.25) is 0 Å². The Bertz CT molecular complexity index is 106. The zero-order chi connectivity index (χ0) is 7.72. The van der Waals surface area contributed by atoms with Gasteiger partial charge < -0.3 is 20.1 Å². The van der Waals surface area contributed by atoms with E-state index in [0.717, 1.165) is 0 Å². The minimum Gasteiger partial charge on any atom is -0.389 e. The van der Waals surface area contributed by atoms with Crippen molar-refractivity contribution in [3.63, 3.8) is 0 Å². The third kappa shape index (κ3) is 1.49. The number of aliphatic hydroxyl groups is 3. The van der Waals surface area contributed by atoms with Crippen molar-refractivity contribution in [3.05, 3.63) is 0 Å². The van der Waals surface area contributed by atoms with Crippen molar-refractivity contribution in [2.24, 2.45) is 0 Å². The Morgan fingerprint density at radius 1 is 1.30 bits per heavy atom. The third-order valence-electron chi connectivity index (χ3n) is 1.43. The molecule has 1 saturated heterocycles. The van der Waals surface area contributed by atoms with E-state index in [9.17, 15) is 0 Å². The predicted octanol–water partition coefficient (Wildman–Crippen LogP) is -1.18. The lowest BCUT2D eigenvalue weighted by atomic mass is 10.1. The van der Waals surface area contributed by atoms with Crippen molar-refractivity contribution in [3.8, 4) is 0 Å². The van der Waals surface area contributed by atoms with Crippen LogP contribution in [-0.4, -0.2) is 45.3 Å². The minimum atomic E-state index is -1.03. The molecule has 1 fully saturated rings. The van der Waals surface area contributed by atoms with Crippen molar-refractivity contribution < 1.29 is 20.1 Å². The lowest BCUT2D eigenvalue weighted by Crippen LogP contribution is -2.49. The van der Waals surface area contributed by atoms with Gasteiger partial charge in [-0.2, -0.15) is 0 Å². The van der Waals surface area contributed by atoms with Crippen LogP contribution in [0, 0.1) is 0 Å². The fourth-order valence-electron chi connectivity index (χ4n) is 0.769. The number of hydrogen-bond acceptors (Lipinski definition) is 4. The predicted molar refractivity (Wildman–Crippen MR) is 36.7 cm³/mol. The van der Waals surface area contributed by atoms with Crippen LogP contribution in [-0.2, 0) is 4.74 Å². The molecule has 3 N–H and O–H groups in total. The van der Waals surface area contributed by atoms with Crippen LogP contribution >= 0.6 is 15.9 Å². The van der Waals surface area contributed by atoms with Gasteiger partial charge >= 0.3 is 0 Å². The van der Waals surface area contributed by atoms with Crippen molar-refractivity contribution in [1.29, 1.82) is 0 Å². The zero-order valence-corrected chi connectivity index (χ0v) is 6.73. The van der Waals surface area contributed by atoms with E-state index in [-0.39, 0.29) is 6.61 Å². The molecule has 0 spiro atoms. The maximum atomic E-state index is 9.08. The molecule has 1 aliphatic rings. The van der Waals surface area contributed by atoms with E-state index in [0.29, 0.717) is 0 Å². The summed E-state index contributed by atoms with van der Waals surface area (Å²) in [6, 6.07) is 0. The maximum absolute atomic E-state index is 9.08. The summed E-state index contributed by atoms with van der Waals surface area (Å²) in [6.45, 7) is -0.0234. The number of aliphatic hydroxyl groups excluding tert-OH is 3. The zero-order valence-electron chi connectivity index (χ0n) is 5.14. The summed E-state index contributed by atoms with van der Waals surface area (Å²) in [5.74, 6) is 0. The summed E-state index contributed by atoms with van der Waals surface area (Å²) in [5, 5.41) is 27.0. The fourth-order valence-corrected chi connectivity index (χ4v) is 1.27. The molecule has 60 valence electrons. The first-order valence-electron chi connectivity index (χ1n) is 2.93. The summed E-state index contributed by atoms with van der Waals surface area (Å²) in [7, 11) is 0. The topological polar surface area (TPSA) is 69.9 Å². The SMILES string of the molecule is OC1OC[C@H](O)[C@H](O)[C@H]1Br. The molecule has 1 aliphatic heterocycles. The van der Waals surface area contributed by atoms with Gasteiger partial charge in [-0.05, 0) is 0 Å². The molecule has 0 aliphatic carbocycles. The Kier molecular flexibility index (Phi) is 2.65. The van der Waals surface area contributed by atoms with Gasteiger partial charge in [0.15, 0.2) is 6.29 Å². The number of alkyl halides is 1. The molecule has 0 aromatic rings. The number of halogens is 1. The second-order valence-electron chi connectivity index (χ2n) is 2.23. The summed E-state index contributed by atoms with van der Waals surface area (Å²) in [5.41, 5.74) is 0.